The van der Waals surface area contributed by atoms with Crippen LogP contribution in [0.5, 0.6) is 0 Å². The van der Waals surface area contributed by atoms with Crippen LogP contribution < -0.4 is 0 Å². The minimum Gasteiger partial charge on any atom is -0.309 e. The maximum atomic E-state index is 2.44. The molecule has 0 aliphatic carbocycles. The number of hydrogen-bond acceptors (Lipinski definition) is 2. The lowest BCUT2D eigenvalue weighted by atomic mass is 9.62. The Morgan fingerprint density at radius 2 is 0.981 bits per heavy atom. The van der Waals surface area contributed by atoms with E-state index in [1.807, 2.05) is 23.5 Å². The molecule has 0 radical (unpaired) electrons. The molecule has 0 bridgehead atoms. The Labute approximate surface area is 311 Å². The zero-order valence-corrected chi connectivity index (χ0v) is 29.8. The molecule has 1 nitrogen and oxygen atoms in total. The van der Waals surface area contributed by atoms with Gasteiger partial charge in [-0.25, -0.2) is 0 Å². The average molecular weight is 698 g/mol. The molecule has 9 aromatic rings. The second kappa shape index (κ2) is 11.6. The van der Waals surface area contributed by atoms with Crippen molar-refractivity contribution in [3.63, 3.8) is 0 Å². The summed E-state index contributed by atoms with van der Waals surface area (Å²) in [6.07, 6.45) is 0. The third-order valence-electron chi connectivity index (χ3n) is 10.9. The van der Waals surface area contributed by atoms with Crippen molar-refractivity contribution in [3.05, 3.63) is 210 Å². The first-order valence-electron chi connectivity index (χ1n) is 17.8. The highest BCUT2D eigenvalue weighted by atomic mass is 32.2. The van der Waals surface area contributed by atoms with Crippen LogP contribution in [0.1, 0.15) is 22.3 Å². The molecule has 1 spiro atoms. The standard InChI is InChI=1S/C49H31NS2/c1-3-15-32(16-4-1)36-21-13-24-41-48(36)52-45-27-12-9-23-40(45)49(41)39-22-8-11-26-44(39)51-46-28-14-20-35(47(46)49)33-29-30-43-38(31-33)37-19-7-10-25-42(37)50(43)34-17-5-2-6-18-34/h1-31H. The van der Waals surface area contributed by atoms with Gasteiger partial charge in [0.05, 0.1) is 16.4 Å². The fourth-order valence-electron chi connectivity index (χ4n) is 8.83. The van der Waals surface area contributed by atoms with Crippen LogP contribution in [0.3, 0.4) is 0 Å². The SMILES string of the molecule is c1ccc(-c2cccc3c2Sc2ccccc2C32c3ccccc3Sc3cccc(-c4ccc5c(c4)c4ccccc4n5-c4ccccc4)c32)cc1. The van der Waals surface area contributed by atoms with Crippen LogP contribution in [-0.4, -0.2) is 4.57 Å². The number of hydrogen-bond donors (Lipinski definition) is 0. The van der Waals surface area contributed by atoms with E-state index in [2.05, 4.69) is 193 Å². The predicted octanol–water partition coefficient (Wildman–Crippen LogP) is 13.4. The van der Waals surface area contributed by atoms with Gasteiger partial charge in [0.1, 0.15) is 0 Å². The number of para-hydroxylation sites is 2. The lowest BCUT2D eigenvalue weighted by Crippen LogP contribution is -2.37. The van der Waals surface area contributed by atoms with E-state index in [9.17, 15) is 0 Å². The molecule has 1 unspecified atom stereocenters. The van der Waals surface area contributed by atoms with Crippen molar-refractivity contribution in [1.29, 1.82) is 0 Å². The van der Waals surface area contributed by atoms with Crippen molar-refractivity contribution in [2.75, 3.05) is 0 Å². The molecule has 2 aliphatic heterocycles. The molecule has 1 atom stereocenters. The van der Waals surface area contributed by atoms with Crippen LogP contribution in [-0.2, 0) is 5.41 Å². The topological polar surface area (TPSA) is 4.93 Å². The highest BCUT2D eigenvalue weighted by Crippen LogP contribution is 2.64. The first-order chi connectivity index (χ1) is 25.8. The van der Waals surface area contributed by atoms with Crippen LogP contribution >= 0.6 is 23.5 Å². The van der Waals surface area contributed by atoms with Gasteiger partial charge < -0.3 is 4.57 Å². The Balaban J connectivity index is 1.25. The molecule has 11 rings (SSSR count). The van der Waals surface area contributed by atoms with Crippen LogP contribution in [0.4, 0.5) is 0 Å². The zero-order chi connectivity index (χ0) is 34.2. The number of benzene rings is 8. The van der Waals surface area contributed by atoms with E-state index < -0.39 is 5.41 Å². The molecule has 0 saturated heterocycles. The first-order valence-corrected chi connectivity index (χ1v) is 19.4. The van der Waals surface area contributed by atoms with Crippen molar-refractivity contribution in [2.24, 2.45) is 0 Å². The maximum absolute atomic E-state index is 2.44. The van der Waals surface area contributed by atoms with Gasteiger partial charge in [0, 0.05) is 36.0 Å². The zero-order valence-electron chi connectivity index (χ0n) is 28.2. The third-order valence-corrected chi connectivity index (χ3v) is 13.3. The van der Waals surface area contributed by atoms with E-state index in [-0.39, 0.29) is 0 Å². The van der Waals surface area contributed by atoms with Crippen LogP contribution in [0.2, 0.25) is 0 Å². The Morgan fingerprint density at radius 1 is 0.385 bits per heavy atom. The average Bonchev–Trinajstić information content (AvgIpc) is 3.55. The first kappa shape index (κ1) is 29.9. The minimum absolute atomic E-state index is 0.525. The molecular weight excluding hydrogens is 667 g/mol. The Morgan fingerprint density at radius 3 is 1.79 bits per heavy atom. The Bertz CT molecular complexity index is 2840. The van der Waals surface area contributed by atoms with Gasteiger partial charge in [-0.3, -0.25) is 0 Å². The van der Waals surface area contributed by atoms with Gasteiger partial charge in [0.2, 0.25) is 0 Å². The van der Waals surface area contributed by atoms with E-state index in [0.29, 0.717) is 0 Å². The minimum atomic E-state index is -0.525. The normalized spacial score (nSPS) is 15.6. The molecular formula is C49H31NS2. The number of rotatable bonds is 3. The van der Waals surface area contributed by atoms with E-state index in [1.165, 1.54) is 91.6 Å². The molecule has 0 amide bonds. The van der Waals surface area contributed by atoms with Gasteiger partial charge in [-0.1, -0.05) is 163 Å². The smallest absolute Gasteiger partial charge is 0.0751 e. The summed E-state index contributed by atoms with van der Waals surface area (Å²) in [5.74, 6) is 0. The molecule has 0 N–H and O–H groups in total. The fraction of sp³-hybridized carbons (Fsp3) is 0.0204. The number of fused-ring (bicyclic) bond motifs is 11. The van der Waals surface area contributed by atoms with Crippen molar-refractivity contribution in [2.45, 2.75) is 25.0 Å². The molecule has 8 aromatic carbocycles. The Kier molecular flexibility index (Phi) is 6.70. The van der Waals surface area contributed by atoms with Crippen LogP contribution in [0.25, 0.3) is 49.7 Å². The summed E-state index contributed by atoms with van der Waals surface area (Å²) in [7, 11) is 0. The second-order valence-corrected chi connectivity index (χ2v) is 15.7. The number of aromatic nitrogens is 1. The molecule has 0 fully saturated rings. The van der Waals surface area contributed by atoms with Crippen LogP contribution in [0.15, 0.2) is 208 Å². The van der Waals surface area contributed by atoms with Crippen molar-refractivity contribution in [1.82, 2.24) is 4.57 Å². The summed E-state index contributed by atoms with van der Waals surface area (Å²) in [4.78, 5) is 5.26. The molecule has 52 heavy (non-hydrogen) atoms. The second-order valence-electron chi connectivity index (χ2n) is 13.6. The molecule has 1 aromatic heterocycles. The highest BCUT2D eigenvalue weighted by Gasteiger charge is 2.50. The van der Waals surface area contributed by atoms with E-state index >= 15 is 0 Å². The maximum Gasteiger partial charge on any atom is 0.0751 e. The molecule has 2 aliphatic rings. The third kappa shape index (κ3) is 4.21. The summed E-state index contributed by atoms with van der Waals surface area (Å²) in [5.41, 5.74) is 13.5. The fourth-order valence-corrected chi connectivity index (χ4v) is 11.4. The largest absolute Gasteiger partial charge is 0.309 e. The van der Waals surface area contributed by atoms with Gasteiger partial charge in [-0.2, -0.15) is 0 Å². The van der Waals surface area contributed by atoms with Gasteiger partial charge in [0.25, 0.3) is 0 Å². The molecule has 0 saturated carbocycles. The highest BCUT2D eigenvalue weighted by molar-refractivity contribution is 8.00. The number of nitrogens with zero attached hydrogens (tertiary/aromatic N) is 1. The van der Waals surface area contributed by atoms with Gasteiger partial charge >= 0.3 is 0 Å². The van der Waals surface area contributed by atoms with Gasteiger partial charge in [-0.05, 0) is 93.0 Å². The monoisotopic (exact) mass is 697 g/mol. The summed E-state index contributed by atoms with van der Waals surface area (Å²) >= 11 is 3.82. The van der Waals surface area contributed by atoms with Gasteiger partial charge in [0.15, 0.2) is 0 Å². The molecule has 3 heterocycles. The lowest BCUT2D eigenvalue weighted by Gasteiger charge is -2.47. The Hall–Kier alpha value is -5.74. The van der Waals surface area contributed by atoms with Crippen LogP contribution in [0, 0.1) is 0 Å². The molecule has 3 heteroatoms. The molecule has 244 valence electrons. The van der Waals surface area contributed by atoms with Crippen molar-refractivity contribution < 1.29 is 0 Å². The van der Waals surface area contributed by atoms with E-state index in [0.717, 1.165) is 0 Å². The summed E-state index contributed by atoms with van der Waals surface area (Å²) in [6.45, 7) is 0. The van der Waals surface area contributed by atoms with Crippen molar-refractivity contribution >= 4 is 45.3 Å². The van der Waals surface area contributed by atoms with E-state index in [4.69, 9.17) is 0 Å². The van der Waals surface area contributed by atoms with Gasteiger partial charge in [-0.15, -0.1) is 0 Å². The summed E-state index contributed by atoms with van der Waals surface area (Å²) < 4.78 is 2.40. The predicted molar refractivity (Wildman–Crippen MR) is 218 cm³/mol. The summed E-state index contributed by atoms with van der Waals surface area (Å²) in [6, 6.07) is 69.7. The lowest BCUT2D eigenvalue weighted by molar-refractivity contribution is 0.670. The van der Waals surface area contributed by atoms with Crippen molar-refractivity contribution in [3.8, 4) is 27.9 Å². The van der Waals surface area contributed by atoms with E-state index in [1.54, 1.807) is 0 Å². The quantitative estimate of drug-likeness (QED) is 0.181. The summed E-state index contributed by atoms with van der Waals surface area (Å²) in [5, 5.41) is 2.53.